The topological polar surface area (TPSA) is 41.1 Å². The molecule has 3 aromatic carbocycles. The Bertz CT molecular complexity index is 944. The number of amides is 1. The van der Waals surface area contributed by atoms with E-state index in [-0.39, 0.29) is 17.3 Å². The quantitative estimate of drug-likeness (QED) is 0.543. The summed E-state index contributed by atoms with van der Waals surface area (Å²) < 4.78 is 37.2. The predicted octanol–water partition coefficient (Wildman–Crippen LogP) is 5.54. The normalized spacial score (nSPS) is 11.4. The molecule has 3 aromatic rings. The van der Waals surface area contributed by atoms with Gasteiger partial charge in [-0.3, -0.25) is 4.79 Å². The van der Waals surface area contributed by atoms with E-state index in [2.05, 4.69) is 10.6 Å². The summed E-state index contributed by atoms with van der Waals surface area (Å²) in [5.41, 5.74) is 0.560. The number of benzene rings is 3. The van der Waals surface area contributed by atoms with E-state index < -0.39 is 12.7 Å². The number of alkyl halides is 3. The number of hydrogen-bond donors (Lipinski definition) is 2. The number of nitrogens with one attached hydrogen (secondary N) is 2. The number of hydrogen-bond acceptors (Lipinski definition) is 3. The van der Waals surface area contributed by atoms with Gasteiger partial charge in [-0.05, 0) is 35.0 Å². The summed E-state index contributed by atoms with van der Waals surface area (Å²) in [6, 6.07) is 20.2. The van der Waals surface area contributed by atoms with Gasteiger partial charge in [0.15, 0.2) is 0 Å². The number of rotatable bonds is 6. The van der Waals surface area contributed by atoms with Crippen molar-refractivity contribution in [2.45, 2.75) is 11.1 Å². The molecule has 0 aliphatic rings. The van der Waals surface area contributed by atoms with E-state index in [1.807, 2.05) is 42.5 Å². The summed E-state index contributed by atoms with van der Waals surface area (Å²) in [4.78, 5) is 13.2. The summed E-state index contributed by atoms with van der Waals surface area (Å²) in [6.45, 7) is -1.16. The van der Waals surface area contributed by atoms with Gasteiger partial charge < -0.3 is 10.6 Å². The molecule has 0 radical (unpaired) electrons. The van der Waals surface area contributed by atoms with Gasteiger partial charge in [0.05, 0.1) is 17.1 Å². The number of halogens is 3. The van der Waals surface area contributed by atoms with E-state index >= 15 is 0 Å². The van der Waals surface area contributed by atoms with Crippen molar-refractivity contribution in [1.82, 2.24) is 0 Å². The first-order valence-corrected chi connectivity index (χ1v) is 9.20. The number of fused-ring (bicyclic) bond motifs is 1. The first-order chi connectivity index (χ1) is 12.9. The highest BCUT2D eigenvalue weighted by Gasteiger charge is 2.27. The Morgan fingerprint density at radius 2 is 1.56 bits per heavy atom. The molecule has 0 aromatic heterocycles. The third kappa shape index (κ3) is 5.65. The molecule has 3 rings (SSSR count). The monoisotopic (exact) mass is 390 g/mol. The number of para-hydroxylation sites is 2. The van der Waals surface area contributed by atoms with Crippen molar-refractivity contribution in [3.8, 4) is 0 Å². The van der Waals surface area contributed by atoms with Gasteiger partial charge in [0.2, 0.25) is 5.91 Å². The average molecular weight is 390 g/mol. The molecule has 2 N–H and O–H groups in total. The molecule has 0 unspecified atom stereocenters. The lowest BCUT2D eigenvalue weighted by atomic mass is 10.1. The van der Waals surface area contributed by atoms with Crippen LogP contribution in [0.4, 0.5) is 24.5 Å². The molecule has 0 fully saturated rings. The van der Waals surface area contributed by atoms with Gasteiger partial charge in [-0.25, -0.2) is 0 Å². The second-order valence-corrected chi connectivity index (χ2v) is 6.91. The Hall–Kier alpha value is -2.67. The molecule has 0 aliphatic heterocycles. The Kier molecular flexibility index (Phi) is 5.91. The second kappa shape index (κ2) is 8.35. The van der Waals surface area contributed by atoms with Crippen molar-refractivity contribution in [1.29, 1.82) is 0 Å². The van der Waals surface area contributed by atoms with E-state index in [0.717, 1.165) is 15.7 Å². The lowest BCUT2D eigenvalue weighted by Gasteiger charge is -2.14. The lowest BCUT2D eigenvalue weighted by molar-refractivity contribution is -0.115. The molecule has 0 spiro atoms. The molecule has 7 heteroatoms. The van der Waals surface area contributed by atoms with Crippen molar-refractivity contribution in [3.05, 3.63) is 66.7 Å². The summed E-state index contributed by atoms with van der Waals surface area (Å²) >= 11 is 1.37. The molecule has 0 bridgehead atoms. The van der Waals surface area contributed by atoms with Crippen LogP contribution in [0.25, 0.3) is 10.8 Å². The zero-order valence-electron chi connectivity index (χ0n) is 14.2. The van der Waals surface area contributed by atoms with Gasteiger partial charge in [-0.2, -0.15) is 13.2 Å². The van der Waals surface area contributed by atoms with Gasteiger partial charge in [0.25, 0.3) is 0 Å². The van der Waals surface area contributed by atoms with Crippen LogP contribution in [0.3, 0.4) is 0 Å². The highest BCUT2D eigenvalue weighted by Crippen LogP contribution is 2.26. The molecule has 1 amide bonds. The fraction of sp³-hybridized carbons (Fsp3) is 0.150. The van der Waals surface area contributed by atoms with Crippen LogP contribution in [0.1, 0.15) is 0 Å². The van der Waals surface area contributed by atoms with E-state index in [4.69, 9.17) is 0 Å². The third-order valence-electron chi connectivity index (χ3n) is 3.77. The molecule has 140 valence electrons. The number of carbonyl (C=O) groups excluding carboxylic acids is 1. The van der Waals surface area contributed by atoms with Crippen LogP contribution in [0.15, 0.2) is 71.6 Å². The fourth-order valence-corrected chi connectivity index (χ4v) is 3.28. The second-order valence-electron chi connectivity index (χ2n) is 5.86. The highest BCUT2D eigenvalue weighted by atomic mass is 32.2. The minimum Gasteiger partial charge on any atom is -0.375 e. The van der Waals surface area contributed by atoms with Crippen LogP contribution in [0.5, 0.6) is 0 Å². The van der Waals surface area contributed by atoms with E-state index in [1.165, 1.54) is 17.8 Å². The van der Waals surface area contributed by atoms with Gasteiger partial charge in [0.1, 0.15) is 6.54 Å². The summed E-state index contributed by atoms with van der Waals surface area (Å²) in [5.74, 6) is -0.124. The number of anilines is 2. The largest absolute Gasteiger partial charge is 0.405 e. The van der Waals surface area contributed by atoms with E-state index in [0.29, 0.717) is 5.69 Å². The molecule has 0 atom stereocenters. The molecular weight excluding hydrogens is 373 g/mol. The summed E-state index contributed by atoms with van der Waals surface area (Å²) in [5, 5.41) is 7.18. The van der Waals surface area contributed by atoms with Crippen molar-refractivity contribution in [2.24, 2.45) is 0 Å². The number of thioether (sulfide) groups is 1. The predicted molar refractivity (Wildman–Crippen MR) is 104 cm³/mol. The van der Waals surface area contributed by atoms with Crippen LogP contribution >= 0.6 is 11.8 Å². The van der Waals surface area contributed by atoms with Crippen molar-refractivity contribution in [2.75, 3.05) is 22.9 Å². The maximum atomic E-state index is 12.4. The third-order valence-corrected chi connectivity index (χ3v) is 4.77. The number of carbonyl (C=O) groups is 1. The Morgan fingerprint density at radius 1 is 0.889 bits per heavy atom. The van der Waals surface area contributed by atoms with E-state index in [9.17, 15) is 18.0 Å². The summed E-state index contributed by atoms with van der Waals surface area (Å²) in [7, 11) is 0. The van der Waals surface area contributed by atoms with Gasteiger partial charge in [-0.15, -0.1) is 11.8 Å². The molecule has 0 saturated heterocycles. The maximum Gasteiger partial charge on any atom is 0.405 e. The first-order valence-electron chi connectivity index (χ1n) is 8.22. The van der Waals surface area contributed by atoms with Crippen molar-refractivity contribution >= 4 is 39.8 Å². The van der Waals surface area contributed by atoms with Crippen LogP contribution in [-0.4, -0.2) is 24.4 Å². The SMILES string of the molecule is O=C(CSc1ccc2ccccc2c1)Nc1ccccc1NCC(F)(F)F. The van der Waals surface area contributed by atoms with Crippen LogP contribution in [-0.2, 0) is 4.79 Å². The van der Waals surface area contributed by atoms with Crippen LogP contribution in [0.2, 0.25) is 0 Å². The first kappa shape index (κ1) is 19.1. The maximum absolute atomic E-state index is 12.4. The van der Waals surface area contributed by atoms with Crippen molar-refractivity contribution in [3.63, 3.8) is 0 Å². The highest BCUT2D eigenvalue weighted by molar-refractivity contribution is 8.00. The molecule has 0 heterocycles. The van der Waals surface area contributed by atoms with Gasteiger partial charge in [0, 0.05) is 4.90 Å². The Labute approximate surface area is 159 Å². The Morgan fingerprint density at radius 3 is 2.30 bits per heavy atom. The molecule has 27 heavy (non-hydrogen) atoms. The molecular formula is C20H17F3N2OS. The van der Waals surface area contributed by atoms with Gasteiger partial charge in [-0.1, -0.05) is 42.5 Å². The minimum atomic E-state index is -4.33. The van der Waals surface area contributed by atoms with Crippen LogP contribution < -0.4 is 10.6 Å². The zero-order valence-corrected chi connectivity index (χ0v) is 15.0. The zero-order chi connectivity index (χ0) is 19.3. The van der Waals surface area contributed by atoms with Crippen LogP contribution in [0, 0.1) is 0 Å². The van der Waals surface area contributed by atoms with Crippen molar-refractivity contribution < 1.29 is 18.0 Å². The van der Waals surface area contributed by atoms with Gasteiger partial charge >= 0.3 is 6.18 Å². The molecule has 3 nitrogen and oxygen atoms in total. The lowest BCUT2D eigenvalue weighted by Crippen LogP contribution is -2.22. The summed E-state index contributed by atoms with van der Waals surface area (Å²) in [6.07, 6.45) is -4.33. The smallest absolute Gasteiger partial charge is 0.375 e. The van der Waals surface area contributed by atoms with E-state index in [1.54, 1.807) is 18.2 Å². The fourth-order valence-electron chi connectivity index (χ4n) is 2.53. The minimum absolute atomic E-state index is 0.159. The molecule has 0 saturated carbocycles. The standard InChI is InChI=1S/C20H17F3N2OS/c21-20(22,23)13-24-17-7-3-4-8-18(17)25-19(26)12-27-16-10-9-14-5-1-2-6-15(14)11-16/h1-11,24H,12-13H2,(H,25,26). The molecule has 0 aliphatic carbocycles. The Balaban J connectivity index is 1.60. The average Bonchev–Trinajstić information content (AvgIpc) is 2.65.